The average Bonchev–Trinajstić information content (AvgIpc) is 2.72. The summed E-state index contributed by atoms with van der Waals surface area (Å²) in [5.41, 5.74) is 3.94. The molecule has 0 fully saturated rings. The van der Waals surface area contributed by atoms with Gasteiger partial charge in [-0.1, -0.05) is 13.0 Å². The molecule has 0 atom stereocenters. The van der Waals surface area contributed by atoms with Gasteiger partial charge in [-0.25, -0.2) is 5.43 Å². The lowest BCUT2D eigenvalue weighted by molar-refractivity contribution is -0.129. The van der Waals surface area contributed by atoms with E-state index in [1.165, 1.54) is 6.21 Å². The van der Waals surface area contributed by atoms with Gasteiger partial charge in [0, 0.05) is 18.9 Å². The third-order valence-corrected chi connectivity index (χ3v) is 3.67. The molecule has 0 spiro atoms. The van der Waals surface area contributed by atoms with Gasteiger partial charge in [0.05, 0.1) is 19.4 Å². The molecule has 0 radical (unpaired) electrons. The van der Waals surface area contributed by atoms with Crippen LogP contribution in [0.25, 0.3) is 0 Å². The highest BCUT2D eigenvalue weighted by molar-refractivity contribution is 5.97. The van der Waals surface area contributed by atoms with Crippen LogP contribution < -0.4 is 20.2 Å². The summed E-state index contributed by atoms with van der Waals surface area (Å²) in [6.45, 7) is 5.35. The first-order valence-electron chi connectivity index (χ1n) is 9.49. The normalized spacial score (nSPS) is 10.6. The van der Waals surface area contributed by atoms with Gasteiger partial charge in [-0.2, -0.15) is 5.10 Å². The molecule has 8 nitrogen and oxygen atoms in total. The predicted molar refractivity (Wildman–Crippen MR) is 110 cm³/mol. The van der Waals surface area contributed by atoms with Crippen LogP contribution in [0, 0.1) is 0 Å². The van der Waals surface area contributed by atoms with Crippen LogP contribution in [0.4, 0.5) is 0 Å². The molecule has 8 heteroatoms. The Labute approximate surface area is 170 Å². The molecule has 0 saturated carbocycles. The summed E-state index contributed by atoms with van der Waals surface area (Å²) in [5.74, 6) is 0.390. The van der Waals surface area contributed by atoms with Crippen molar-refractivity contribution in [1.29, 1.82) is 0 Å². The summed E-state index contributed by atoms with van der Waals surface area (Å²) < 4.78 is 11.2. The number of aromatic nitrogens is 1. The van der Waals surface area contributed by atoms with Crippen molar-refractivity contribution in [2.75, 3.05) is 13.2 Å². The minimum absolute atomic E-state index is 0.314. The zero-order valence-corrected chi connectivity index (χ0v) is 16.7. The molecule has 1 aromatic carbocycles. The smallest absolute Gasteiger partial charge is 0.249 e. The number of hydrazone groups is 1. The Bertz CT molecular complexity index is 825. The quantitative estimate of drug-likeness (QED) is 0.344. The molecule has 0 aliphatic heterocycles. The largest absolute Gasteiger partial charge is 0.490 e. The molecule has 0 bridgehead atoms. The van der Waals surface area contributed by atoms with E-state index in [4.69, 9.17) is 9.47 Å². The fraction of sp³-hybridized carbons (Fsp3) is 0.333. The van der Waals surface area contributed by atoms with E-state index in [9.17, 15) is 9.59 Å². The van der Waals surface area contributed by atoms with Crippen molar-refractivity contribution in [2.45, 2.75) is 33.2 Å². The number of carbonyl (C=O) groups excluding carboxylic acids is 2. The molecule has 0 saturated heterocycles. The van der Waals surface area contributed by atoms with Crippen molar-refractivity contribution in [2.24, 2.45) is 5.10 Å². The Morgan fingerprint density at radius 3 is 2.72 bits per heavy atom. The van der Waals surface area contributed by atoms with E-state index >= 15 is 0 Å². The van der Waals surface area contributed by atoms with E-state index in [0.29, 0.717) is 31.3 Å². The molecule has 0 unspecified atom stereocenters. The number of rotatable bonds is 11. The van der Waals surface area contributed by atoms with Crippen LogP contribution in [-0.2, 0) is 16.1 Å². The number of amides is 2. The van der Waals surface area contributed by atoms with Gasteiger partial charge >= 0.3 is 0 Å². The van der Waals surface area contributed by atoms with E-state index in [1.54, 1.807) is 30.6 Å². The number of ether oxygens (including phenoxy) is 2. The molecule has 154 valence electrons. The lowest BCUT2D eigenvalue weighted by atomic mass is 10.2. The minimum Gasteiger partial charge on any atom is -0.490 e. The lowest BCUT2D eigenvalue weighted by Gasteiger charge is -2.11. The number of hydrogen-bond acceptors (Lipinski definition) is 6. The van der Waals surface area contributed by atoms with Gasteiger partial charge in [0.25, 0.3) is 0 Å². The van der Waals surface area contributed by atoms with Crippen molar-refractivity contribution in [1.82, 2.24) is 15.7 Å². The fourth-order valence-corrected chi connectivity index (χ4v) is 2.33. The Morgan fingerprint density at radius 2 is 2.00 bits per heavy atom. The standard InChI is InChI=1S/C21H26N4O4/c1-3-10-29-18-8-7-16(11-19(18)28-4-2)15-24-25-21(27)12-20(26)23-14-17-6-5-9-22-13-17/h5-9,11,13,15H,3-4,10,12,14H2,1-2H3,(H,23,26)(H,25,27)/b24-15-. The number of carbonyl (C=O) groups is 2. The van der Waals surface area contributed by atoms with E-state index in [-0.39, 0.29) is 6.42 Å². The molecule has 2 rings (SSSR count). The second kappa shape index (κ2) is 12.1. The van der Waals surface area contributed by atoms with Crippen LogP contribution in [0.2, 0.25) is 0 Å². The Kier molecular flexibility index (Phi) is 9.14. The van der Waals surface area contributed by atoms with Gasteiger partial charge in [0.15, 0.2) is 11.5 Å². The van der Waals surface area contributed by atoms with Gasteiger partial charge in [0.1, 0.15) is 6.42 Å². The molecule has 29 heavy (non-hydrogen) atoms. The summed E-state index contributed by atoms with van der Waals surface area (Å²) in [6.07, 6.45) is 5.37. The third-order valence-electron chi connectivity index (χ3n) is 3.67. The van der Waals surface area contributed by atoms with Gasteiger partial charge in [-0.05, 0) is 48.7 Å². The van der Waals surface area contributed by atoms with Gasteiger partial charge in [-0.3, -0.25) is 14.6 Å². The van der Waals surface area contributed by atoms with Gasteiger partial charge < -0.3 is 14.8 Å². The number of nitrogens with one attached hydrogen (secondary N) is 2. The molecule has 2 N–H and O–H groups in total. The molecule has 1 heterocycles. The highest BCUT2D eigenvalue weighted by atomic mass is 16.5. The predicted octanol–water partition coefficient (Wildman–Crippen LogP) is 2.43. The summed E-state index contributed by atoms with van der Waals surface area (Å²) in [5, 5.41) is 6.56. The zero-order chi connectivity index (χ0) is 20.9. The maximum atomic E-state index is 11.9. The topological polar surface area (TPSA) is 102 Å². The Hall–Kier alpha value is -3.42. The summed E-state index contributed by atoms with van der Waals surface area (Å²) in [7, 11) is 0. The second-order valence-electron chi connectivity index (χ2n) is 6.10. The number of nitrogens with zero attached hydrogens (tertiary/aromatic N) is 2. The van der Waals surface area contributed by atoms with E-state index in [1.807, 2.05) is 26.0 Å². The highest BCUT2D eigenvalue weighted by Crippen LogP contribution is 2.28. The SMILES string of the molecule is CCCOc1ccc(/C=N\NC(=O)CC(=O)NCc2cccnc2)cc1OCC. The molecule has 1 aromatic heterocycles. The van der Waals surface area contributed by atoms with Crippen molar-refractivity contribution in [3.63, 3.8) is 0 Å². The molecule has 2 amide bonds. The van der Waals surface area contributed by atoms with E-state index in [0.717, 1.165) is 17.5 Å². The molecular weight excluding hydrogens is 372 g/mol. The van der Waals surface area contributed by atoms with Crippen LogP contribution in [0.15, 0.2) is 47.8 Å². The van der Waals surface area contributed by atoms with Crippen LogP contribution in [-0.4, -0.2) is 36.2 Å². The maximum absolute atomic E-state index is 11.9. The van der Waals surface area contributed by atoms with Crippen molar-refractivity contribution < 1.29 is 19.1 Å². The molecule has 2 aromatic rings. The number of hydrogen-bond donors (Lipinski definition) is 2. The van der Waals surface area contributed by atoms with Crippen LogP contribution >= 0.6 is 0 Å². The first-order valence-corrected chi connectivity index (χ1v) is 9.49. The van der Waals surface area contributed by atoms with Crippen LogP contribution in [0.1, 0.15) is 37.8 Å². The van der Waals surface area contributed by atoms with Crippen molar-refractivity contribution in [3.05, 3.63) is 53.9 Å². The first kappa shape index (κ1) is 21.9. The van der Waals surface area contributed by atoms with E-state index < -0.39 is 11.8 Å². The lowest BCUT2D eigenvalue weighted by Crippen LogP contribution is -2.29. The second-order valence-corrected chi connectivity index (χ2v) is 6.10. The van der Waals surface area contributed by atoms with Gasteiger partial charge in [0.2, 0.25) is 11.8 Å². The molecule has 0 aliphatic rings. The van der Waals surface area contributed by atoms with Crippen LogP contribution in [0.3, 0.4) is 0 Å². The Balaban J connectivity index is 1.82. The third kappa shape index (κ3) is 8.00. The molecule has 0 aliphatic carbocycles. The number of pyridine rings is 1. The number of benzene rings is 1. The van der Waals surface area contributed by atoms with Crippen LogP contribution in [0.5, 0.6) is 11.5 Å². The summed E-state index contributed by atoms with van der Waals surface area (Å²) >= 11 is 0. The summed E-state index contributed by atoms with van der Waals surface area (Å²) in [4.78, 5) is 27.6. The van der Waals surface area contributed by atoms with Crippen molar-refractivity contribution in [3.8, 4) is 11.5 Å². The fourth-order valence-electron chi connectivity index (χ4n) is 2.33. The zero-order valence-electron chi connectivity index (χ0n) is 16.7. The van der Waals surface area contributed by atoms with Gasteiger partial charge in [-0.15, -0.1) is 0 Å². The Morgan fingerprint density at radius 1 is 1.14 bits per heavy atom. The average molecular weight is 398 g/mol. The monoisotopic (exact) mass is 398 g/mol. The van der Waals surface area contributed by atoms with Crippen molar-refractivity contribution >= 4 is 18.0 Å². The molecular formula is C21H26N4O4. The maximum Gasteiger partial charge on any atom is 0.249 e. The summed E-state index contributed by atoms with van der Waals surface area (Å²) in [6, 6.07) is 9.01. The first-order chi connectivity index (χ1) is 14.1. The van der Waals surface area contributed by atoms with E-state index in [2.05, 4.69) is 20.8 Å². The minimum atomic E-state index is -0.502. The highest BCUT2D eigenvalue weighted by Gasteiger charge is 2.09.